The summed E-state index contributed by atoms with van der Waals surface area (Å²) in [5, 5.41) is 0. The van der Waals surface area contributed by atoms with Crippen molar-refractivity contribution < 1.29 is 4.79 Å². The lowest BCUT2D eigenvalue weighted by Crippen LogP contribution is -2.30. The van der Waals surface area contributed by atoms with Crippen LogP contribution in [0.5, 0.6) is 0 Å². The molecular weight excluding hydrogens is 114 g/mol. The molecular formula is C7H13NO. The molecule has 1 fully saturated rings. The van der Waals surface area contributed by atoms with Gasteiger partial charge in [-0.2, -0.15) is 0 Å². The molecule has 1 amide bonds. The van der Waals surface area contributed by atoms with E-state index in [1.54, 1.807) is 0 Å². The topological polar surface area (TPSA) is 20.3 Å². The van der Waals surface area contributed by atoms with E-state index in [2.05, 4.69) is 6.92 Å². The van der Waals surface area contributed by atoms with Crippen molar-refractivity contribution in [1.82, 2.24) is 4.90 Å². The Hall–Kier alpha value is -0.530. The second-order valence-corrected chi connectivity index (χ2v) is 2.57. The summed E-state index contributed by atoms with van der Waals surface area (Å²) in [5.41, 5.74) is 0. The van der Waals surface area contributed by atoms with Gasteiger partial charge in [-0.15, -0.1) is 0 Å². The minimum absolute atomic E-state index is 0.324. The van der Waals surface area contributed by atoms with Crippen LogP contribution in [0.25, 0.3) is 0 Å². The Morgan fingerprint density at radius 1 is 1.78 bits per heavy atom. The van der Waals surface area contributed by atoms with Crippen molar-refractivity contribution >= 4 is 5.91 Å². The molecule has 0 aliphatic carbocycles. The van der Waals surface area contributed by atoms with Crippen molar-refractivity contribution in [1.29, 1.82) is 0 Å². The van der Waals surface area contributed by atoms with E-state index in [1.807, 2.05) is 11.8 Å². The number of carbonyl (C=O) groups excluding carboxylic acids is 1. The number of nitrogens with zero attached hydrogens (tertiary/aromatic N) is 1. The van der Waals surface area contributed by atoms with Crippen LogP contribution in [0.2, 0.25) is 0 Å². The first-order chi connectivity index (χ1) is 4.25. The third kappa shape index (κ3) is 1.07. The molecule has 1 rings (SSSR count). The van der Waals surface area contributed by atoms with Gasteiger partial charge in [0.05, 0.1) is 0 Å². The minimum atomic E-state index is 0.324. The Bertz CT molecular complexity index is 122. The Labute approximate surface area is 55.8 Å². The van der Waals surface area contributed by atoms with E-state index in [-0.39, 0.29) is 0 Å². The molecule has 52 valence electrons. The summed E-state index contributed by atoms with van der Waals surface area (Å²) in [7, 11) is 0. The molecule has 0 aromatic heterocycles. The van der Waals surface area contributed by atoms with Crippen LogP contribution in [0, 0.1) is 0 Å². The minimum Gasteiger partial charge on any atom is -0.340 e. The average Bonchev–Trinajstić information content (AvgIpc) is 2.12. The zero-order valence-electron chi connectivity index (χ0n) is 6.05. The monoisotopic (exact) mass is 127 g/mol. The zero-order valence-corrected chi connectivity index (χ0v) is 6.05. The summed E-state index contributed by atoms with van der Waals surface area (Å²) in [6, 6.07) is 0.488. The molecule has 0 aromatic rings. The lowest BCUT2D eigenvalue weighted by Gasteiger charge is -2.18. The number of likely N-dealkylation sites (tertiary alicyclic amines) is 1. The van der Waals surface area contributed by atoms with E-state index >= 15 is 0 Å². The van der Waals surface area contributed by atoms with Crippen LogP contribution >= 0.6 is 0 Å². The van der Waals surface area contributed by atoms with Crippen LogP contribution in [-0.4, -0.2) is 23.4 Å². The molecule has 9 heavy (non-hydrogen) atoms. The van der Waals surface area contributed by atoms with Crippen molar-refractivity contribution in [3.63, 3.8) is 0 Å². The van der Waals surface area contributed by atoms with Gasteiger partial charge in [0.15, 0.2) is 0 Å². The van der Waals surface area contributed by atoms with Crippen LogP contribution in [0.4, 0.5) is 0 Å². The van der Waals surface area contributed by atoms with Gasteiger partial charge < -0.3 is 4.90 Å². The van der Waals surface area contributed by atoms with Crippen LogP contribution in [-0.2, 0) is 4.79 Å². The van der Waals surface area contributed by atoms with E-state index in [4.69, 9.17) is 0 Å². The van der Waals surface area contributed by atoms with Gasteiger partial charge >= 0.3 is 0 Å². The van der Waals surface area contributed by atoms with Crippen molar-refractivity contribution in [2.24, 2.45) is 0 Å². The van der Waals surface area contributed by atoms with Gasteiger partial charge in [-0.25, -0.2) is 0 Å². The summed E-state index contributed by atoms with van der Waals surface area (Å²) in [5.74, 6) is 0.324. The van der Waals surface area contributed by atoms with Crippen LogP contribution in [0.15, 0.2) is 0 Å². The summed E-state index contributed by atoms with van der Waals surface area (Å²) in [4.78, 5) is 12.9. The first-order valence-corrected chi connectivity index (χ1v) is 3.55. The molecule has 0 N–H and O–H groups in total. The lowest BCUT2D eigenvalue weighted by molar-refractivity contribution is -0.128. The van der Waals surface area contributed by atoms with E-state index in [0.717, 1.165) is 19.4 Å². The normalized spacial score (nSPS) is 27.6. The SMILES string of the molecule is CCN1C(=O)CC[C@H]1C. The van der Waals surface area contributed by atoms with E-state index < -0.39 is 0 Å². The van der Waals surface area contributed by atoms with Gasteiger partial charge in [0, 0.05) is 19.0 Å². The fourth-order valence-electron chi connectivity index (χ4n) is 1.37. The van der Waals surface area contributed by atoms with Gasteiger partial charge in [0.1, 0.15) is 0 Å². The zero-order chi connectivity index (χ0) is 6.85. The maximum absolute atomic E-state index is 10.9. The van der Waals surface area contributed by atoms with Gasteiger partial charge in [0.25, 0.3) is 0 Å². The first-order valence-electron chi connectivity index (χ1n) is 3.55. The smallest absolute Gasteiger partial charge is 0.222 e. The van der Waals surface area contributed by atoms with Crippen LogP contribution in [0.3, 0.4) is 0 Å². The number of amides is 1. The van der Waals surface area contributed by atoms with E-state index in [0.29, 0.717) is 11.9 Å². The van der Waals surface area contributed by atoms with Gasteiger partial charge in [-0.3, -0.25) is 4.79 Å². The lowest BCUT2D eigenvalue weighted by atomic mass is 10.2. The second kappa shape index (κ2) is 2.38. The Kier molecular flexibility index (Phi) is 1.74. The maximum Gasteiger partial charge on any atom is 0.222 e. The molecule has 1 aliphatic heterocycles. The third-order valence-electron chi connectivity index (χ3n) is 1.97. The highest BCUT2D eigenvalue weighted by atomic mass is 16.2. The van der Waals surface area contributed by atoms with Crippen molar-refractivity contribution in [3.8, 4) is 0 Å². The van der Waals surface area contributed by atoms with Gasteiger partial charge in [0.2, 0.25) is 5.91 Å². The van der Waals surface area contributed by atoms with Crippen LogP contribution in [0.1, 0.15) is 26.7 Å². The summed E-state index contributed by atoms with van der Waals surface area (Å²) >= 11 is 0. The summed E-state index contributed by atoms with van der Waals surface area (Å²) in [6.07, 6.45) is 1.81. The quantitative estimate of drug-likeness (QED) is 0.515. The predicted molar refractivity (Wildman–Crippen MR) is 36.1 cm³/mol. The molecule has 0 saturated carbocycles. The molecule has 0 unspecified atom stereocenters. The average molecular weight is 127 g/mol. The fourth-order valence-corrected chi connectivity index (χ4v) is 1.37. The molecule has 2 nitrogen and oxygen atoms in total. The van der Waals surface area contributed by atoms with E-state index in [9.17, 15) is 4.79 Å². The van der Waals surface area contributed by atoms with Crippen molar-refractivity contribution in [3.05, 3.63) is 0 Å². The first kappa shape index (κ1) is 6.59. The van der Waals surface area contributed by atoms with Gasteiger partial charge in [-0.1, -0.05) is 0 Å². The highest BCUT2D eigenvalue weighted by Gasteiger charge is 2.25. The molecule has 0 bridgehead atoms. The predicted octanol–water partition coefficient (Wildman–Crippen LogP) is 1.02. The third-order valence-corrected chi connectivity index (χ3v) is 1.97. The second-order valence-electron chi connectivity index (χ2n) is 2.57. The van der Waals surface area contributed by atoms with E-state index in [1.165, 1.54) is 0 Å². The molecule has 0 radical (unpaired) electrons. The van der Waals surface area contributed by atoms with Crippen LogP contribution < -0.4 is 0 Å². The Balaban J connectivity index is 2.55. The molecule has 1 saturated heterocycles. The molecule has 1 heterocycles. The van der Waals surface area contributed by atoms with Crippen molar-refractivity contribution in [2.75, 3.05) is 6.54 Å². The molecule has 1 aliphatic rings. The number of carbonyl (C=O) groups is 1. The van der Waals surface area contributed by atoms with Gasteiger partial charge in [-0.05, 0) is 20.3 Å². The molecule has 0 spiro atoms. The number of hydrogen-bond donors (Lipinski definition) is 0. The Morgan fingerprint density at radius 3 is 2.67 bits per heavy atom. The molecule has 1 atom stereocenters. The standard InChI is InChI=1S/C7H13NO/c1-3-8-6(2)4-5-7(8)9/h6H,3-5H2,1-2H3/t6-/m1/s1. The Morgan fingerprint density at radius 2 is 2.44 bits per heavy atom. The fraction of sp³-hybridized carbons (Fsp3) is 0.857. The number of hydrogen-bond acceptors (Lipinski definition) is 1. The number of rotatable bonds is 1. The summed E-state index contributed by atoms with van der Waals surface area (Å²) < 4.78 is 0. The highest BCUT2D eigenvalue weighted by Crippen LogP contribution is 2.16. The van der Waals surface area contributed by atoms with Crippen molar-refractivity contribution in [2.45, 2.75) is 32.7 Å². The maximum atomic E-state index is 10.9. The molecule has 0 aromatic carbocycles. The molecule has 2 heteroatoms. The summed E-state index contributed by atoms with van der Waals surface area (Å²) in [6.45, 7) is 5.01. The highest BCUT2D eigenvalue weighted by molar-refractivity contribution is 5.78. The largest absolute Gasteiger partial charge is 0.340 e.